The second-order valence-corrected chi connectivity index (χ2v) is 5.84. The maximum Gasteiger partial charge on any atom is 0.269 e. The highest BCUT2D eigenvalue weighted by molar-refractivity contribution is 6.34. The number of hydrogen-bond donors (Lipinski definition) is 0. The van der Waals surface area contributed by atoms with Crippen molar-refractivity contribution in [3.8, 4) is 11.5 Å². The van der Waals surface area contributed by atoms with Crippen LogP contribution >= 0.6 is 0 Å². The van der Waals surface area contributed by atoms with Gasteiger partial charge in [-0.3, -0.25) is 19.7 Å². The van der Waals surface area contributed by atoms with Gasteiger partial charge in [-0.25, -0.2) is 4.90 Å². The number of nitrogens with zero attached hydrogens (tertiary/aromatic N) is 2. The van der Waals surface area contributed by atoms with Crippen LogP contribution in [-0.2, 0) is 0 Å². The third-order valence-electron chi connectivity index (χ3n) is 4.17. The number of nitro groups is 1. The molecule has 3 aromatic carbocycles. The largest absolute Gasteiger partial charge is 0.457 e. The summed E-state index contributed by atoms with van der Waals surface area (Å²) in [6.07, 6.45) is 0. The van der Waals surface area contributed by atoms with Crippen molar-refractivity contribution >= 4 is 23.2 Å². The van der Waals surface area contributed by atoms with Gasteiger partial charge in [-0.1, -0.05) is 12.1 Å². The molecule has 7 nitrogen and oxygen atoms in total. The van der Waals surface area contributed by atoms with Gasteiger partial charge in [-0.2, -0.15) is 0 Å². The minimum absolute atomic E-state index is 0.0247. The van der Waals surface area contributed by atoms with Crippen molar-refractivity contribution in [3.05, 3.63) is 94.0 Å². The first-order valence-corrected chi connectivity index (χ1v) is 8.05. The zero-order valence-corrected chi connectivity index (χ0v) is 13.9. The third-order valence-corrected chi connectivity index (χ3v) is 4.17. The van der Waals surface area contributed by atoms with E-state index >= 15 is 0 Å². The Morgan fingerprint density at radius 2 is 1.22 bits per heavy atom. The second-order valence-electron chi connectivity index (χ2n) is 5.84. The maximum atomic E-state index is 12.5. The van der Waals surface area contributed by atoms with Crippen LogP contribution in [0, 0.1) is 10.1 Å². The van der Waals surface area contributed by atoms with Crippen LogP contribution in [0.4, 0.5) is 11.4 Å². The zero-order valence-electron chi connectivity index (χ0n) is 13.9. The Hall–Kier alpha value is -4.00. The van der Waals surface area contributed by atoms with Crippen LogP contribution in [0.3, 0.4) is 0 Å². The number of imide groups is 1. The van der Waals surface area contributed by atoms with Crippen molar-refractivity contribution in [1.29, 1.82) is 0 Å². The third kappa shape index (κ3) is 2.91. The van der Waals surface area contributed by atoms with Gasteiger partial charge in [0.25, 0.3) is 17.5 Å². The Balaban J connectivity index is 1.54. The van der Waals surface area contributed by atoms with Gasteiger partial charge >= 0.3 is 0 Å². The predicted molar refractivity (Wildman–Crippen MR) is 97.2 cm³/mol. The molecule has 0 radical (unpaired) electrons. The van der Waals surface area contributed by atoms with Gasteiger partial charge in [-0.15, -0.1) is 0 Å². The number of amides is 2. The first-order valence-electron chi connectivity index (χ1n) is 8.05. The number of non-ortho nitro benzene ring substituents is 1. The van der Waals surface area contributed by atoms with Crippen LogP contribution in [0.1, 0.15) is 20.7 Å². The van der Waals surface area contributed by atoms with Gasteiger partial charge in [0.1, 0.15) is 11.5 Å². The molecule has 1 aliphatic rings. The first kappa shape index (κ1) is 16.5. The van der Waals surface area contributed by atoms with E-state index in [9.17, 15) is 19.7 Å². The average molecular weight is 360 g/mol. The molecule has 0 spiro atoms. The Morgan fingerprint density at radius 3 is 1.70 bits per heavy atom. The molecule has 3 aromatic rings. The molecule has 132 valence electrons. The van der Waals surface area contributed by atoms with Crippen LogP contribution in [-0.4, -0.2) is 16.7 Å². The fraction of sp³-hybridized carbons (Fsp3) is 0. The van der Waals surface area contributed by atoms with Crippen molar-refractivity contribution < 1.29 is 19.2 Å². The van der Waals surface area contributed by atoms with Crippen LogP contribution in [0.25, 0.3) is 0 Å². The number of anilines is 1. The van der Waals surface area contributed by atoms with Crippen molar-refractivity contribution in [3.63, 3.8) is 0 Å². The number of carbonyl (C=O) groups excluding carboxylic acids is 2. The van der Waals surface area contributed by atoms with Crippen molar-refractivity contribution in [2.24, 2.45) is 0 Å². The quantitative estimate of drug-likeness (QED) is 0.395. The molecule has 0 unspecified atom stereocenters. The summed E-state index contributed by atoms with van der Waals surface area (Å²) in [6, 6.07) is 18.9. The zero-order chi connectivity index (χ0) is 19.0. The highest BCUT2D eigenvalue weighted by Gasteiger charge is 2.36. The van der Waals surface area contributed by atoms with E-state index in [2.05, 4.69) is 0 Å². The van der Waals surface area contributed by atoms with Gasteiger partial charge in [0.05, 0.1) is 21.7 Å². The van der Waals surface area contributed by atoms with Gasteiger partial charge in [0.2, 0.25) is 0 Å². The monoisotopic (exact) mass is 360 g/mol. The van der Waals surface area contributed by atoms with Crippen LogP contribution in [0.5, 0.6) is 11.5 Å². The molecule has 27 heavy (non-hydrogen) atoms. The van der Waals surface area contributed by atoms with Crippen molar-refractivity contribution in [1.82, 2.24) is 0 Å². The summed E-state index contributed by atoms with van der Waals surface area (Å²) >= 11 is 0. The van der Waals surface area contributed by atoms with E-state index in [1.807, 2.05) is 0 Å². The fourth-order valence-corrected chi connectivity index (χ4v) is 2.86. The molecule has 0 aromatic heterocycles. The molecule has 4 rings (SSSR count). The Morgan fingerprint density at radius 1 is 0.741 bits per heavy atom. The van der Waals surface area contributed by atoms with E-state index in [-0.39, 0.29) is 17.5 Å². The minimum Gasteiger partial charge on any atom is -0.457 e. The van der Waals surface area contributed by atoms with Gasteiger partial charge < -0.3 is 4.74 Å². The first-order chi connectivity index (χ1) is 13.0. The lowest BCUT2D eigenvalue weighted by atomic mass is 10.1. The summed E-state index contributed by atoms with van der Waals surface area (Å²) in [5.41, 5.74) is 1.18. The SMILES string of the molecule is O=C1c2ccccc2C(=O)N1c1ccc(Oc2ccc([N+](=O)[O-])cc2)cc1. The lowest BCUT2D eigenvalue weighted by Gasteiger charge is -2.14. The highest BCUT2D eigenvalue weighted by atomic mass is 16.6. The van der Waals surface area contributed by atoms with Crippen molar-refractivity contribution in [2.75, 3.05) is 4.90 Å². The number of rotatable bonds is 4. The summed E-state index contributed by atoms with van der Waals surface area (Å²) in [6.45, 7) is 0. The van der Waals surface area contributed by atoms with E-state index in [1.165, 1.54) is 24.3 Å². The molecule has 0 atom stereocenters. The van der Waals surface area contributed by atoms with E-state index in [0.717, 1.165) is 4.90 Å². The van der Waals surface area contributed by atoms with Crippen LogP contribution < -0.4 is 9.64 Å². The lowest BCUT2D eigenvalue weighted by Crippen LogP contribution is -2.29. The highest BCUT2D eigenvalue weighted by Crippen LogP contribution is 2.31. The van der Waals surface area contributed by atoms with Crippen LogP contribution in [0.2, 0.25) is 0 Å². The Bertz CT molecular complexity index is 1020. The van der Waals surface area contributed by atoms with E-state index < -0.39 is 4.92 Å². The number of carbonyl (C=O) groups is 2. The molecule has 0 N–H and O–H groups in total. The molecule has 0 fully saturated rings. The summed E-state index contributed by atoms with van der Waals surface area (Å²) in [4.78, 5) is 36.3. The number of hydrogen-bond acceptors (Lipinski definition) is 5. The average Bonchev–Trinajstić information content (AvgIpc) is 2.94. The smallest absolute Gasteiger partial charge is 0.269 e. The Labute approximate surface area is 153 Å². The molecule has 0 aliphatic carbocycles. The summed E-state index contributed by atoms with van der Waals surface area (Å²) in [7, 11) is 0. The molecule has 7 heteroatoms. The topological polar surface area (TPSA) is 89.8 Å². The molecular formula is C20H12N2O5. The predicted octanol–water partition coefficient (Wildman–Crippen LogP) is 4.19. The maximum absolute atomic E-state index is 12.5. The lowest BCUT2D eigenvalue weighted by molar-refractivity contribution is -0.384. The number of benzene rings is 3. The molecule has 2 amide bonds. The fourth-order valence-electron chi connectivity index (χ4n) is 2.86. The van der Waals surface area contributed by atoms with E-state index in [1.54, 1.807) is 48.5 Å². The Kier molecular flexibility index (Phi) is 3.89. The number of fused-ring (bicyclic) bond motifs is 1. The molecule has 1 heterocycles. The van der Waals surface area contributed by atoms with E-state index in [4.69, 9.17) is 4.74 Å². The summed E-state index contributed by atoms with van der Waals surface area (Å²) < 4.78 is 5.64. The normalized spacial score (nSPS) is 12.8. The number of nitro benzene ring substituents is 1. The second kappa shape index (κ2) is 6.38. The minimum atomic E-state index is -0.485. The molecule has 1 aliphatic heterocycles. The molecule has 0 saturated heterocycles. The standard InChI is InChI=1S/C20H12N2O5/c23-19-17-3-1-2-4-18(17)20(24)21(19)13-5-9-15(10-6-13)27-16-11-7-14(8-12-16)22(25)26/h1-12H. The summed E-state index contributed by atoms with van der Waals surface area (Å²) in [5.74, 6) is 0.192. The van der Waals surface area contributed by atoms with Crippen LogP contribution in [0.15, 0.2) is 72.8 Å². The molecular weight excluding hydrogens is 348 g/mol. The number of ether oxygens (including phenoxy) is 1. The van der Waals surface area contributed by atoms with Gasteiger partial charge in [0, 0.05) is 12.1 Å². The van der Waals surface area contributed by atoms with Gasteiger partial charge in [-0.05, 0) is 48.5 Å². The molecule has 0 bridgehead atoms. The molecule has 0 saturated carbocycles. The van der Waals surface area contributed by atoms with E-state index in [0.29, 0.717) is 28.3 Å². The van der Waals surface area contributed by atoms with Crippen molar-refractivity contribution in [2.45, 2.75) is 0 Å². The summed E-state index contributed by atoms with van der Waals surface area (Å²) in [5, 5.41) is 10.7. The van der Waals surface area contributed by atoms with Gasteiger partial charge in [0.15, 0.2) is 0 Å².